The molecule has 0 atom stereocenters. The van der Waals surface area contributed by atoms with Gasteiger partial charge in [0, 0.05) is 35.9 Å². The number of benzene rings is 3. The van der Waals surface area contributed by atoms with Crippen molar-refractivity contribution >= 4 is 44.8 Å². The number of rotatable bonds is 8. The minimum absolute atomic E-state index is 0.0123. The molecule has 9 heteroatoms. The summed E-state index contributed by atoms with van der Waals surface area (Å²) in [6.45, 7) is 0.265. The number of nitrogens with one attached hydrogen (secondary N) is 1. The molecule has 0 unspecified atom stereocenters. The van der Waals surface area contributed by atoms with Crippen LogP contribution in [-0.4, -0.2) is 37.6 Å². The van der Waals surface area contributed by atoms with Gasteiger partial charge in [-0.3, -0.25) is 9.59 Å². The first kappa shape index (κ1) is 23.9. The van der Waals surface area contributed by atoms with Gasteiger partial charge < -0.3 is 10.2 Å². The second-order valence-electron chi connectivity index (χ2n) is 7.96. The molecule has 3 aromatic rings. The quantitative estimate of drug-likeness (QED) is 0.502. The Hall–Kier alpha value is -3.20. The Balaban J connectivity index is 1.55. The topological polar surface area (TPSA) is 86.8 Å². The summed E-state index contributed by atoms with van der Waals surface area (Å²) < 4.78 is 27.9. The van der Waals surface area contributed by atoms with Gasteiger partial charge in [-0.15, -0.1) is 0 Å². The first-order valence-electron chi connectivity index (χ1n) is 10.8. The summed E-state index contributed by atoms with van der Waals surface area (Å²) in [6.07, 6.45) is 1.30. The van der Waals surface area contributed by atoms with Crippen molar-refractivity contribution in [2.45, 2.75) is 24.3 Å². The van der Waals surface area contributed by atoms with Crippen LogP contribution in [0.5, 0.6) is 0 Å². The molecule has 0 aromatic heterocycles. The zero-order valence-electron chi connectivity index (χ0n) is 18.4. The van der Waals surface area contributed by atoms with Gasteiger partial charge >= 0.3 is 0 Å². The van der Waals surface area contributed by atoms with E-state index in [9.17, 15) is 18.0 Å². The largest absolute Gasteiger partial charge is 0.325 e. The number of halogens is 1. The van der Waals surface area contributed by atoms with Crippen LogP contribution in [0.15, 0.2) is 83.8 Å². The fourth-order valence-corrected chi connectivity index (χ4v) is 5.51. The fraction of sp³-hybridized carbons (Fsp3) is 0.200. The molecule has 34 heavy (non-hydrogen) atoms. The summed E-state index contributed by atoms with van der Waals surface area (Å²) in [4.78, 5) is 26.7. The second kappa shape index (κ2) is 10.4. The zero-order valence-corrected chi connectivity index (χ0v) is 19.9. The van der Waals surface area contributed by atoms with Crippen LogP contribution in [0.4, 0.5) is 11.4 Å². The molecule has 2 amide bonds. The van der Waals surface area contributed by atoms with Crippen LogP contribution in [0, 0.1) is 0 Å². The van der Waals surface area contributed by atoms with E-state index in [0.717, 1.165) is 16.3 Å². The number of sulfonamides is 1. The predicted molar refractivity (Wildman–Crippen MR) is 132 cm³/mol. The van der Waals surface area contributed by atoms with E-state index >= 15 is 0 Å². The minimum Gasteiger partial charge on any atom is -0.325 e. The van der Waals surface area contributed by atoms with Crippen LogP contribution in [0.1, 0.15) is 18.4 Å². The van der Waals surface area contributed by atoms with E-state index in [1.807, 2.05) is 24.3 Å². The molecule has 0 aliphatic carbocycles. The normalized spacial score (nSPS) is 13.9. The molecule has 1 aliphatic heterocycles. The fourth-order valence-electron chi connectivity index (χ4n) is 3.82. The maximum atomic E-state index is 13.4. The van der Waals surface area contributed by atoms with Crippen LogP contribution in [0.3, 0.4) is 0 Å². The molecule has 1 saturated heterocycles. The number of nitrogens with zero attached hydrogens (tertiary/aromatic N) is 2. The van der Waals surface area contributed by atoms with Crippen LogP contribution in [-0.2, 0) is 26.2 Å². The van der Waals surface area contributed by atoms with Gasteiger partial charge in [-0.2, -0.15) is 4.31 Å². The highest BCUT2D eigenvalue weighted by Crippen LogP contribution is 2.25. The molecule has 0 saturated carbocycles. The van der Waals surface area contributed by atoms with Gasteiger partial charge in [0.15, 0.2) is 0 Å². The van der Waals surface area contributed by atoms with Gasteiger partial charge in [0.1, 0.15) is 0 Å². The van der Waals surface area contributed by atoms with Gasteiger partial charge in [-0.1, -0.05) is 54.1 Å². The maximum absolute atomic E-state index is 13.4. The maximum Gasteiger partial charge on any atom is 0.243 e. The first-order chi connectivity index (χ1) is 16.3. The lowest BCUT2D eigenvalue weighted by Crippen LogP contribution is -2.37. The summed E-state index contributed by atoms with van der Waals surface area (Å²) in [5.41, 5.74) is 1.94. The number of anilines is 2. The van der Waals surface area contributed by atoms with E-state index in [1.54, 1.807) is 47.4 Å². The van der Waals surface area contributed by atoms with Crippen molar-refractivity contribution in [3.8, 4) is 0 Å². The Kier molecular flexibility index (Phi) is 7.31. The molecule has 176 valence electrons. The monoisotopic (exact) mass is 497 g/mol. The summed E-state index contributed by atoms with van der Waals surface area (Å²) in [5, 5.41) is 3.05. The molecule has 0 radical (unpaired) electrons. The lowest BCUT2D eigenvalue weighted by Gasteiger charge is -2.22. The SMILES string of the molecule is O=C(CN(Cc1ccccc1)S(=O)(=O)c1cccc(Cl)c1)Nc1cccc(N2CCCC2=O)c1. The number of amides is 2. The smallest absolute Gasteiger partial charge is 0.243 e. The highest BCUT2D eigenvalue weighted by molar-refractivity contribution is 7.89. The molecular formula is C25H24ClN3O4S. The third-order valence-electron chi connectivity index (χ3n) is 5.47. The zero-order chi connectivity index (χ0) is 24.1. The van der Waals surface area contributed by atoms with Gasteiger partial charge in [0.2, 0.25) is 21.8 Å². The Bertz CT molecular complexity index is 1300. The average molecular weight is 498 g/mol. The Labute approximate surface area is 204 Å². The summed E-state index contributed by atoms with van der Waals surface area (Å²) in [6, 6.07) is 22.0. The van der Waals surface area contributed by atoms with E-state index in [2.05, 4.69) is 5.32 Å². The van der Waals surface area contributed by atoms with Crippen molar-refractivity contribution in [1.29, 1.82) is 0 Å². The van der Waals surface area contributed by atoms with Gasteiger partial charge in [0.25, 0.3) is 0 Å². The van der Waals surface area contributed by atoms with E-state index < -0.39 is 22.5 Å². The number of hydrogen-bond acceptors (Lipinski definition) is 4. The predicted octanol–water partition coefficient (Wildman–Crippen LogP) is 4.30. The lowest BCUT2D eigenvalue weighted by molar-refractivity contribution is -0.117. The number of hydrogen-bond donors (Lipinski definition) is 1. The number of carbonyl (C=O) groups is 2. The van der Waals surface area contributed by atoms with E-state index in [4.69, 9.17) is 11.6 Å². The third-order valence-corrected chi connectivity index (χ3v) is 7.49. The molecule has 0 bridgehead atoms. The molecule has 1 N–H and O–H groups in total. The molecule has 7 nitrogen and oxygen atoms in total. The highest BCUT2D eigenvalue weighted by atomic mass is 35.5. The molecule has 1 heterocycles. The van der Waals surface area contributed by atoms with Crippen molar-refractivity contribution in [2.75, 3.05) is 23.3 Å². The standard InChI is InChI=1S/C25H24ClN3O4S/c26-20-9-4-12-23(15-20)34(32,33)28(17-19-7-2-1-3-8-19)18-24(30)27-21-10-5-11-22(16-21)29-14-6-13-25(29)31/h1-5,7-12,15-16H,6,13-14,17-18H2,(H,27,30). The van der Waals surface area contributed by atoms with Gasteiger partial charge in [-0.05, 0) is 48.4 Å². The summed E-state index contributed by atoms with van der Waals surface area (Å²) >= 11 is 6.02. The highest BCUT2D eigenvalue weighted by Gasteiger charge is 2.27. The Morgan fingerprint density at radius 1 is 1.00 bits per heavy atom. The first-order valence-corrected chi connectivity index (χ1v) is 12.6. The molecular weight excluding hydrogens is 474 g/mol. The van der Waals surface area contributed by atoms with Crippen molar-refractivity contribution in [3.63, 3.8) is 0 Å². The molecule has 4 rings (SSSR count). The van der Waals surface area contributed by atoms with E-state index in [0.29, 0.717) is 29.4 Å². The Morgan fingerprint density at radius 3 is 2.47 bits per heavy atom. The second-order valence-corrected chi connectivity index (χ2v) is 10.3. The van der Waals surface area contributed by atoms with Crippen molar-refractivity contribution < 1.29 is 18.0 Å². The Morgan fingerprint density at radius 2 is 1.76 bits per heavy atom. The molecule has 1 aliphatic rings. The molecule has 3 aromatic carbocycles. The van der Waals surface area contributed by atoms with Crippen LogP contribution in [0.2, 0.25) is 5.02 Å². The van der Waals surface area contributed by atoms with Crippen molar-refractivity contribution in [1.82, 2.24) is 4.31 Å². The number of carbonyl (C=O) groups excluding carboxylic acids is 2. The minimum atomic E-state index is -4.00. The van der Waals surface area contributed by atoms with E-state index in [-0.39, 0.29) is 17.3 Å². The average Bonchev–Trinajstić information content (AvgIpc) is 3.25. The van der Waals surface area contributed by atoms with Crippen molar-refractivity contribution in [2.24, 2.45) is 0 Å². The summed E-state index contributed by atoms with van der Waals surface area (Å²) in [5.74, 6) is -0.448. The molecule has 0 spiro atoms. The van der Waals surface area contributed by atoms with Crippen LogP contribution >= 0.6 is 11.6 Å². The van der Waals surface area contributed by atoms with Crippen LogP contribution in [0.25, 0.3) is 0 Å². The molecule has 1 fully saturated rings. The van der Waals surface area contributed by atoms with Crippen molar-refractivity contribution in [3.05, 3.63) is 89.4 Å². The van der Waals surface area contributed by atoms with Gasteiger partial charge in [-0.25, -0.2) is 8.42 Å². The van der Waals surface area contributed by atoms with E-state index in [1.165, 1.54) is 12.1 Å². The lowest BCUT2D eigenvalue weighted by atomic mass is 10.2. The summed E-state index contributed by atoms with van der Waals surface area (Å²) in [7, 11) is -4.00. The van der Waals surface area contributed by atoms with Gasteiger partial charge in [0.05, 0.1) is 11.4 Å². The third kappa shape index (κ3) is 5.64. The van der Waals surface area contributed by atoms with Crippen LogP contribution < -0.4 is 10.2 Å².